The van der Waals surface area contributed by atoms with Gasteiger partial charge in [-0.05, 0) is 36.9 Å². The molecule has 2 aliphatic rings. The van der Waals surface area contributed by atoms with Crippen LogP contribution < -0.4 is 5.73 Å². The van der Waals surface area contributed by atoms with E-state index in [-0.39, 0.29) is 36.6 Å². The number of benzene rings is 1. The summed E-state index contributed by atoms with van der Waals surface area (Å²) < 4.78 is 38.5. The summed E-state index contributed by atoms with van der Waals surface area (Å²) in [6, 6.07) is 5.47. The van der Waals surface area contributed by atoms with Gasteiger partial charge in [0, 0.05) is 38.6 Å². The van der Waals surface area contributed by atoms with E-state index in [0.29, 0.717) is 50.7 Å². The molecule has 0 spiro atoms. The third-order valence-electron chi connectivity index (χ3n) is 5.62. The number of hydrogen-bond acceptors (Lipinski definition) is 3. The van der Waals surface area contributed by atoms with E-state index in [4.69, 9.17) is 5.73 Å². The number of rotatable bonds is 4. The lowest BCUT2D eigenvalue weighted by Crippen LogP contribution is -2.50. The van der Waals surface area contributed by atoms with E-state index < -0.39 is 11.7 Å². The van der Waals surface area contributed by atoms with E-state index in [1.54, 1.807) is 6.07 Å². The van der Waals surface area contributed by atoms with Gasteiger partial charge in [0.25, 0.3) is 0 Å². The van der Waals surface area contributed by atoms with Crippen molar-refractivity contribution in [3.8, 4) is 0 Å². The molecular formula is C19H28Cl2F3N3O. The molecule has 160 valence electrons. The van der Waals surface area contributed by atoms with Crippen molar-refractivity contribution in [2.24, 2.45) is 17.6 Å². The van der Waals surface area contributed by atoms with E-state index in [9.17, 15) is 18.0 Å². The van der Waals surface area contributed by atoms with Gasteiger partial charge in [0.1, 0.15) is 0 Å². The van der Waals surface area contributed by atoms with Crippen LogP contribution in [0.2, 0.25) is 0 Å². The summed E-state index contributed by atoms with van der Waals surface area (Å²) in [5.41, 5.74) is 5.82. The molecule has 1 aromatic rings. The summed E-state index contributed by atoms with van der Waals surface area (Å²) in [7, 11) is 0. The zero-order valence-corrected chi connectivity index (χ0v) is 17.3. The number of halogens is 5. The van der Waals surface area contributed by atoms with Crippen LogP contribution >= 0.6 is 24.8 Å². The summed E-state index contributed by atoms with van der Waals surface area (Å²) in [5.74, 6) is 0.553. The molecule has 1 amide bonds. The lowest BCUT2D eigenvalue weighted by molar-refractivity contribution is -0.139. The number of alkyl halides is 3. The molecule has 28 heavy (non-hydrogen) atoms. The molecule has 2 fully saturated rings. The van der Waals surface area contributed by atoms with E-state index >= 15 is 0 Å². The summed E-state index contributed by atoms with van der Waals surface area (Å²) in [6.45, 7) is 3.66. The van der Waals surface area contributed by atoms with Gasteiger partial charge in [-0.2, -0.15) is 13.2 Å². The van der Waals surface area contributed by atoms with Crippen LogP contribution in [0, 0.1) is 11.8 Å². The standard InChI is InChI=1S/C19H26F3N3O.2ClH/c20-19(21,22)16-5-1-3-14(11-16)13-24-7-9-25(10-8-24)18(26)17-6-2-4-15(17)12-23;;/h1,3,5,11,15,17H,2,4,6-10,12-13,23H2;2*1H/t15-,17-;;/m1../s1. The number of amides is 1. The van der Waals surface area contributed by atoms with Crippen LogP contribution in [0.3, 0.4) is 0 Å². The molecule has 0 unspecified atom stereocenters. The first kappa shape index (κ1) is 25.0. The maximum atomic E-state index is 12.8. The molecule has 0 radical (unpaired) electrons. The number of carbonyl (C=O) groups excluding carboxylic acids is 1. The fourth-order valence-corrected chi connectivity index (χ4v) is 4.11. The van der Waals surface area contributed by atoms with E-state index in [1.807, 2.05) is 4.90 Å². The van der Waals surface area contributed by atoms with Crippen molar-refractivity contribution in [3.05, 3.63) is 35.4 Å². The van der Waals surface area contributed by atoms with Crippen molar-refractivity contribution in [1.29, 1.82) is 0 Å². The van der Waals surface area contributed by atoms with Gasteiger partial charge in [-0.25, -0.2) is 0 Å². The number of hydrogen-bond donors (Lipinski definition) is 1. The van der Waals surface area contributed by atoms with Gasteiger partial charge in [0.15, 0.2) is 0 Å². The average molecular weight is 442 g/mol. The van der Waals surface area contributed by atoms with Gasteiger partial charge in [-0.1, -0.05) is 24.6 Å². The average Bonchev–Trinajstić information content (AvgIpc) is 3.10. The first-order chi connectivity index (χ1) is 12.4. The Morgan fingerprint density at radius 1 is 1.11 bits per heavy atom. The number of nitrogens with zero attached hydrogens (tertiary/aromatic N) is 2. The predicted molar refractivity (Wildman–Crippen MR) is 108 cm³/mol. The lowest BCUT2D eigenvalue weighted by Gasteiger charge is -2.36. The normalized spacial score (nSPS) is 23.1. The van der Waals surface area contributed by atoms with Gasteiger partial charge in [-0.15, -0.1) is 24.8 Å². The van der Waals surface area contributed by atoms with Crippen molar-refractivity contribution in [1.82, 2.24) is 9.80 Å². The quantitative estimate of drug-likeness (QED) is 0.776. The maximum absolute atomic E-state index is 12.8. The van der Waals surface area contributed by atoms with Crippen molar-refractivity contribution in [3.63, 3.8) is 0 Å². The molecule has 2 N–H and O–H groups in total. The molecule has 1 saturated carbocycles. The summed E-state index contributed by atoms with van der Waals surface area (Å²) in [5, 5.41) is 0. The molecule has 1 heterocycles. The number of nitrogens with two attached hydrogens (primary N) is 1. The minimum absolute atomic E-state index is 0. The Balaban J connectivity index is 0.00000196. The van der Waals surface area contributed by atoms with Crippen LogP contribution in [-0.2, 0) is 17.5 Å². The third kappa shape index (κ3) is 5.99. The molecular weight excluding hydrogens is 414 g/mol. The molecule has 1 saturated heterocycles. The van der Waals surface area contributed by atoms with Crippen molar-refractivity contribution in [2.45, 2.75) is 32.0 Å². The SMILES string of the molecule is Cl.Cl.NC[C@H]1CCC[C@H]1C(=O)N1CCN(Cc2cccc(C(F)(F)F)c2)CC1. The van der Waals surface area contributed by atoms with Crippen LogP contribution in [0.5, 0.6) is 0 Å². The predicted octanol–water partition coefficient (Wildman–Crippen LogP) is 3.57. The highest BCUT2D eigenvalue weighted by molar-refractivity contribution is 5.85. The molecule has 1 aliphatic heterocycles. The van der Waals surface area contributed by atoms with Crippen LogP contribution in [0.25, 0.3) is 0 Å². The van der Waals surface area contributed by atoms with Gasteiger partial charge in [0.05, 0.1) is 5.56 Å². The second-order valence-corrected chi connectivity index (χ2v) is 7.33. The third-order valence-corrected chi connectivity index (χ3v) is 5.62. The molecule has 1 aromatic carbocycles. The summed E-state index contributed by atoms with van der Waals surface area (Å²) >= 11 is 0. The molecule has 0 bridgehead atoms. The number of carbonyl (C=O) groups is 1. The Labute approximate surface area is 176 Å². The van der Waals surface area contributed by atoms with Crippen molar-refractivity contribution < 1.29 is 18.0 Å². The Bertz CT molecular complexity index is 637. The highest BCUT2D eigenvalue weighted by Crippen LogP contribution is 2.33. The Hall–Kier alpha value is -1.02. The monoisotopic (exact) mass is 441 g/mol. The van der Waals surface area contributed by atoms with Crippen molar-refractivity contribution in [2.75, 3.05) is 32.7 Å². The van der Waals surface area contributed by atoms with Crippen LogP contribution in [0.4, 0.5) is 13.2 Å². The minimum Gasteiger partial charge on any atom is -0.340 e. The molecule has 4 nitrogen and oxygen atoms in total. The van der Waals surface area contributed by atoms with E-state index in [1.165, 1.54) is 12.1 Å². The van der Waals surface area contributed by atoms with E-state index in [0.717, 1.165) is 25.3 Å². The Morgan fingerprint density at radius 2 is 1.79 bits per heavy atom. The fraction of sp³-hybridized carbons (Fsp3) is 0.632. The fourth-order valence-electron chi connectivity index (χ4n) is 4.11. The zero-order valence-electron chi connectivity index (χ0n) is 15.7. The van der Waals surface area contributed by atoms with Crippen LogP contribution in [-0.4, -0.2) is 48.4 Å². The molecule has 9 heteroatoms. The van der Waals surface area contributed by atoms with Gasteiger partial charge >= 0.3 is 6.18 Å². The van der Waals surface area contributed by atoms with E-state index in [2.05, 4.69) is 4.90 Å². The minimum atomic E-state index is -4.32. The maximum Gasteiger partial charge on any atom is 0.416 e. The highest BCUT2D eigenvalue weighted by atomic mass is 35.5. The first-order valence-corrected chi connectivity index (χ1v) is 9.26. The highest BCUT2D eigenvalue weighted by Gasteiger charge is 2.35. The molecule has 0 aromatic heterocycles. The smallest absolute Gasteiger partial charge is 0.340 e. The Kier molecular flexibility index (Phi) is 9.53. The second-order valence-electron chi connectivity index (χ2n) is 7.33. The summed E-state index contributed by atoms with van der Waals surface area (Å²) in [6.07, 6.45) is -1.30. The zero-order chi connectivity index (χ0) is 18.7. The lowest BCUT2D eigenvalue weighted by atomic mass is 9.94. The van der Waals surface area contributed by atoms with Crippen LogP contribution in [0.15, 0.2) is 24.3 Å². The van der Waals surface area contributed by atoms with Gasteiger partial charge in [0.2, 0.25) is 5.91 Å². The van der Waals surface area contributed by atoms with Crippen molar-refractivity contribution >= 4 is 30.7 Å². The topological polar surface area (TPSA) is 49.6 Å². The van der Waals surface area contributed by atoms with Gasteiger partial charge in [-0.3, -0.25) is 9.69 Å². The van der Waals surface area contributed by atoms with Crippen LogP contribution in [0.1, 0.15) is 30.4 Å². The largest absolute Gasteiger partial charge is 0.416 e. The van der Waals surface area contributed by atoms with Gasteiger partial charge < -0.3 is 10.6 Å². The first-order valence-electron chi connectivity index (χ1n) is 9.26. The second kappa shape index (κ2) is 10.7. The molecule has 1 aliphatic carbocycles. The molecule has 3 rings (SSSR count). The summed E-state index contributed by atoms with van der Waals surface area (Å²) in [4.78, 5) is 16.7. The number of piperazine rings is 1. The molecule has 2 atom stereocenters. The Morgan fingerprint density at radius 3 is 2.39 bits per heavy atom.